The van der Waals surface area contributed by atoms with Crippen molar-refractivity contribution < 1.29 is 19.3 Å². The molecule has 4 atom stereocenters. The summed E-state index contributed by atoms with van der Waals surface area (Å²) in [5.41, 5.74) is 5.34. The fourth-order valence-electron chi connectivity index (χ4n) is 6.59. The van der Waals surface area contributed by atoms with Crippen molar-refractivity contribution in [2.24, 2.45) is 11.8 Å². The fraction of sp³-hybridized carbons (Fsp3) is 0.571. The summed E-state index contributed by atoms with van der Waals surface area (Å²) < 4.78 is 16.7. The summed E-state index contributed by atoms with van der Waals surface area (Å²) in [6, 6.07) is 9.06. The third-order valence-electron chi connectivity index (χ3n) is 8.44. The molecule has 34 heavy (non-hydrogen) atoms. The van der Waals surface area contributed by atoms with Crippen LogP contribution >= 0.6 is 0 Å². The van der Waals surface area contributed by atoms with Crippen LogP contribution in [0.5, 0.6) is 23.0 Å². The maximum atomic E-state index is 10.3. The quantitative estimate of drug-likeness (QED) is 0.647. The van der Waals surface area contributed by atoms with Gasteiger partial charge in [-0.2, -0.15) is 0 Å². The zero-order valence-corrected chi connectivity index (χ0v) is 20.9. The van der Waals surface area contributed by atoms with Gasteiger partial charge >= 0.3 is 0 Å². The molecule has 2 N–H and O–H groups in total. The standard InChI is InChI=1S/C28H38N2O4/c1-5-17-16-30-9-7-19-13-27(33-3)28(34-4)15-22(19)24(30)11-20(17)10-23-21-14-26(32-2)25(31)12-18(21)6-8-29-23/h12-15,17,20,23-24,29,31H,5-11,16H2,1-4H3/t17-,20+,23+,24-/m1/s1. The summed E-state index contributed by atoms with van der Waals surface area (Å²) in [6.45, 7) is 5.55. The third kappa shape index (κ3) is 4.11. The second-order valence-electron chi connectivity index (χ2n) is 10.0. The van der Waals surface area contributed by atoms with Gasteiger partial charge in [-0.25, -0.2) is 0 Å². The van der Waals surface area contributed by atoms with Gasteiger partial charge < -0.3 is 24.6 Å². The van der Waals surface area contributed by atoms with Gasteiger partial charge in [0.05, 0.1) is 21.3 Å². The first kappa shape index (κ1) is 23.3. The largest absolute Gasteiger partial charge is 0.504 e. The molecule has 0 spiro atoms. The number of ether oxygens (including phenoxy) is 3. The molecule has 1 saturated heterocycles. The molecule has 184 valence electrons. The van der Waals surface area contributed by atoms with E-state index in [9.17, 15) is 5.11 Å². The molecule has 3 heterocycles. The molecule has 2 aromatic carbocycles. The van der Waals surface area contributed by atoms with Crippen LogP contribution in [-0.2, 0) is 12.8 Å². The Balaban J connectivity index is 1.43. The minimum atomic E-state index is 0.241. The van der Waals surface area contributed by atoms with Gasteiger partial charge in [-0.1, -0.05) is 13.3 Å². The molecule has 0 aliphatic carbocycles. The molecular formula is C28H38N2O4. The summed E-state index contributed by atoms with van der Waals surface area (Å²) >= 11 is 0. The molecule has 3 aliphatic heterocycles. The summed E-state index contributed by atoms with van der Waals surface area (Å²) in [6.07, 6.45) is 5.46. The number of piperidine rings is 1. The lowest BCUT2D eigenvalue weighted by Crippen LogP contribution is -2.46. The lowest BCUT2D eigenvalue weighted by molar-refractivity contribution is 0.0434. The SMILES string of the molecule is CC[C@@H]1CN2CCc3cc(OC)c(OC)cc3[C@H]2C[C@@H]1C[C@@H]1NCCc2cc(O)c(OC)cc21. The Morgan fingerprint density at radius 1 is 0.912 bits per heavy atom. The van der Waals surface area contributed by atoms with Crippen LogP contribution in [0.15, 0.2) is 24.3 Å². The molecule has 6 heteroatoms. The van der Waals surface area contributed by atoms with E-state index < -0.39 is 0 Å². The van der Waals surface area contributed by atoms with Gasteiger partial charge in [0.25, 0.3) is 0 Å². The van der Waals surface area contributed by atoms with Crippen LogP contribution < -0.4 is 19.5 Å². The molecule has 0 aromatic heterocycles. The molecule has 0 bridgehead atoms. The molecule has 3 aliphatic rings. The van der Waals surface area contributed by atoms with Crippen molar-refractivity contribution in [2.45, 2.75) is 51.1 Å². The number of aromatic hydroxyl groups is 1. The smallest absolute Gasteiger partial charge is 0.161 e. The molecule has 0 unspecified atom stereocenters. The zero-order chi connectivity index (χ0) is 23.8. The highest BCUT2D eigenvalue weighted by Crippen LogP contribution is 2.47. The van der Waals surface area contributed by atoms with Gasteiger partial charge in [0.15, 0.2) is 23.0 Å². The number of nitrogens with zero attached hydrogens (tertiary/aromatic N) is 1. The highest BCUT2D eigenvalue weighted by Gasteiger charge is 2.40. The third-order valence-corrected chi connectivity index (χ3v) is 8.44. The van der Waals surface area contributed by atoms with Gasteiger partial charge in [-0.3, -0.25) is 4.90 Å². The lowest BCUT2D eigenvalue weighted by atomic mass is 9.72. The molecular weight excluding hydrogens is 428 g/mol. The number of hydrogen-bond donors (Lipinski definition) is 2. The Hall–Kier alpha value is -2.44. The first-order chi connectivity index (χ1) is 16.6. The van der Waals surface area contributed by atoms with E-state index >= 15 is 0 Å². The minimum Gasteiger partial charge on any atom is -0.504 e. The molecule has 5 rings (SSSR count). The number of phenolic OH excluding ortho intramolecular Hbond substituents is 1. The Morgan fingerprint density at radius 3 is 2.35 bits per heavy atom. The zero-order valence-electron chi connectivity index (χ0n) is 20.9. The van der Waals surface area contributed by atoms with E-state index in [-0.39, 0.29) is 11.8 Å². The average Bonchev–Trinajstić information content (AvgIpc) is 2.87. The van der Waals surface area contributed by atoms with E-state index in [2.05, 4.69) is 29.3 Å². The molecule has 6 nitrogen and oxygen atoms in total. The Bertz CT molecular complexity index is 1040. The highest BCUT2D eigenvalue weighted by atomic mass is 16.5. The Morgan fingerprint density at radius 2 is 1.62 bits per heavy atom. The maximum absolute atomic E-state index is 10.3. The van der Waals surface area contributed by atoms with Crippen LogP contribution in [0, 0.1) is 11.8 Å². The van der Waals surface area contributed by atoms with Crippen molar-refractivity contribution in [1.82, 2.24) is 10.2 Å². The van der Waals surface area contributed by atoms with Crippen LogP contribution in [0.25, 0.3) is 0 Å². The fourth-order valence-corrected chi connectivity index (χ4v) is 6.59. The van der Waals surface area contributed by atoms with Crippen LogP contribution in [0.2, 0.25) is 0 Å². The van der Waals surface area contributed by atoms with E-state index in [1.54, 1.807) is 21.3 Å². The molecule has 0 saturated carbocycles. The minimum absolute atomic E-state index is 0.241. The molecule has 0 radical (unpaired) electrons. The van der Waals surface area contributed by atoms with Crippen molar-refractivity contribution in [3.63, 3.8) is 0 Å². The lowest BCUT2D eigenvalue weighted by Gasteiger charge is -2.48. The maximum Gasteiger partial charge on any atom is 0.161 e. The van der Waals surface area contributed by atoms with Gasteiger partial charge in [-0.15, -0.1) is 0 Å². The first-order valence-electron chi connectivity index (χ1n) is 12.7. The first-order valence-corrected chi connectivity index (χ1v) is 12.7. The average molecular weight is 467 g/mol. The number of nitrogens with one attached hydrogen (secondary N) is 1. The van der Waals surface area contributed by atoms with Crippen molar-refractivity contribution in [1.29, 1.82) is 0 Å². The van der Waals surface area contributed by atoms with Gasteiger partial charge in [0, 0.05) is 25.2 Å². The number of methoxy groups -OCH3 is 3. The van der Waals surface area contributed by atoms with E-state index in [0.717, 1.165) is 56.8 Å². The highest BCUT2D eigenvalue weighted by molar-refractivity contribution is 5.50. The number of rotatable bonds is 6. The van der Waals surface area contributed by atoms with E-state index in [0.29, 0.717) is 23.6 Å². The monoisotopic (exact) mass is 466 g/mol. The Labute approximate surface area is 203 Å². The number of benzene rings is 2. The predicted octanol–water partition coefficient (Wildman–Crippen LogP) is 4.64. The van der Waals surface area contributed by atoms with Crippen LogP contribution in [0.4, 0.5) is 0 Å². The summed E-state index contributed by atoms with van der Waals surface area (Å²) in [5, 5.41) is 14.1. The predicted molar refractivity (Wildman–Crippen MR) is 133 cm³/mol. The Kier molecular flexibility index (Phi) is 6.63. The topological polar surface area (TPSA) is 63.2 Å². The van der Waals surface area contributed by atoms with Gasteiger partial charge in [0.1, 0.15) is 0 Å². The molecule has 0 amide bonds. The van der Waals surface area contributed by atoms with Gasteiger partial charge in [-0.05, 0) is 90.6 Å². The van der Waals surface area contributed by atoms with Crippen molar-refractivity contribution in [2.75, 3.05) is 41.0 Å². The van der Waals surface area contributed by atoms with E-state index in [1.807, 2.05) is 12.1 Å². The van der Waals surface area contributed by atoms with Crippen molar-refractivity contribution >= 4 is 0 Å². The van der Waals surface area contributed by atoms with Crippen LogP contribution in [-0.4, -0.2) is 51.0 Å². The van der Waals surface area contributed by atoms with Gasteiger partial charge in [0.2, 0.25) is 0 Å². The summed E-state index contributed by atoms with van der Waals surface area (Å²) in [4.78, 5) is 2.70. The van der Waals surface area contributed by atoms with E-state index in [1.165, 1.54) is 28.7 Å². The van der Waals surface area contributed by atoms with Crippen LogP contribution in [0.1, 0.15) is 60.5 Å². The number of fused-ring (bicyclic) bond motifs is 4. The van der Waals surface area contributed by atoms with Crippen molar-refractivity contribution in [3.05, 3.63) is 46.5 Å². The number of hydrogen-bond acceptors (Lipinski definition) is 6. The summed E-state index contributed by atoms with van der Waals surface area (Å²) in [5.74, 6) is 3.76. The van der Waals surface area contributed by atoms with E-state index in [4.69, 9.17) is 14.2 Å². The second kappa shape index (κ2) is 9.67. The van der Waals surface area contributed by atoms with Crippen molar-refractivity contribution in [3.8, 4) is 23.0 Å². The summed E-state index contributed by atoms with van der Waals surface area (Å²) in [7, 11) is 5.06. The normalized spacial score (nSPS) is 26.2. The number of phenols is 1. The molecule has 2 aromatic rings. The molecule has 1 fully saturated rings. The van der Waals surface area contributed by atoms with Crippen LogP contribution in [0.3, 0.4) is 0 Å². The second-order valence-corrected chi connectivity index (χ2v) is 10.0.